The number of hydrogen-bond donors (Lipinski definition) is 2. The molecule has 0 aromatic heterocycles. The van der Waals surface area contributed by atoms with Crippen LogP contribution in [0.25, 0.3) is 0 Å². The highest BCUT2D eigenvalue weighted by molar-refractivity contribution is 5.47. The van der Waals surface area contributed by atoms with Gasteiger partial charge in [0.05, 0.1) is 19.8 Å². The molecule has 0 spiro atoms. The Morgan fingerprint density at radius 1 is 1.05 bits per heavy atom. The van der Waals surface area contributed by atoms with Crippen molar-refractivity contribution >= 4 is 5.69 Å². The summed E-state index contributed by atoms with van der Waals surface area (Å²) in [7, 11) is 0. The molecule has 21 heavy (non-hydrogen) atoms. The molecule has 0 fully saturated rings. The van der Waals surface area contributed by atoms with Gasteiger partial charge in [0.25, 0.3) is 0 Å². The Balaban J connectivity index is 0. The van der Waals surface area contributed by atoms with Crippen molar-refractivity contribution in [3.05, 3.63) is 29.8 Å². The number of aliphatic hydroxyl groups excluding tert-OH is 1. The van der Waals surface area contributed by atoms with Crippen LogP contribution in [0.4, 0.5) is 5.69 Å². The molecular weight excluding hydrogens is 311 g/mol. The van der Waals surface area contributed by atoms with Gasteiger partial charge in [-0.05, 0) is 31.5 Å². The van der Waals surface area contributed by atoms with E-state index in [1.807, 2.05) is 0 Å². The Hall–Kier alpha value is -0.520. The summed E-state index contributed by atoms with van der Waals surface area (Å²) in [6.07, 6.45) is 0. The van der Waals surface area contributed by atoms with E-state index in [1.54, 1.807) is 0 Å². The number of halogens is 2. The molecule has 0 aliphatic carbocycles. The number of ether oxygens (including phenoxy) is 1. The highest BCUT2D eigenvalue weighted by Crippen LogP contribution is 2.14. The molecule has 1 aromatic rings. The van der Waals surface area contributed by atoms with Gasteiger partial charge in [0.2, 0.25) is 0 Å². The van der Waals surface area contributed by atoms with Gasteiger partial charge in [0.1, 0.15) is 0 Å². The maximum atomic E-state index is 8.56. The molecule has 0 aliphatic heterocycles. The molecule has 0 unspecified atom stereocenters. The van der Waals surface area contributed by atoms with E-state index in [-0.39, 0.29) is 31.4 Å². The molecule has 124 valence electrons. The van der Waals surface area contributed by atoms with Crippen LogP contribution in [0.1, 0.15) is 19.4 Å². The van der Waals surface area contributed by atoms with Crippen LogP contribution in [-0.2, 0) is 11.3 Å². The predicted molar refractivity (Wildman–Crippen MR) is 79.6 cm³/mol. The molecule has 6 heteroatoms. The fourth-order valence-electron chi connectivity index (χ4n) is 1.96. The molecule has 0 atom stereocenters. The minimum absolute atomic E-state index is 0. The largest absolute Gasteiger partial charge is 1.00 e. The summed E-state index contributed by atoms with van der Waals surface area (Å²) in [5.74, 6) is 0. The lowest BCUT2D eigenvalue weighted by molar-refractivity contribution is -0.00100. The molecule has 0 radical (unpaired) electrons. The number of anilines is 1. The molecule has 0 heterocycles. The number of aliphatic hydroxyl groups is 1. The van der Waals surface area contributed by atoms with Gasteiger partial charge in [-0.2, -0.15) is 0 Å². The fourth-order valence-corrected chi connectivity index (χ4v) is 1.96. The van der Waals surface area contributed by atoms with Crippen LogP contribution >= 0.6 is 0 Å². The topological polar surface area (TPSA) is 44.7 Å². The van der Waals surface area contributed by atoms with Gasteiger partial charge in [0, 0.05) is 31.9 Å². The van der Waals surface area contributed by atoms with E-state index in [0.717, 1.165) is 26.2 Å². The van der Waals surface area contributed by atoms with Crippen molar-refractivity contribution in [2.24, 2.45) is 0 Å². The van der Waals surface area contributed by atoms with E-state index in [9.17, 15) is 0 Å². The lowest BCUT2D eigenvalue weighted by Gasteiger charge is -2.21. The fraction of sp³-hybridized carbons (Fsp3) is 0.600. The standard InChI is InChI=1S/C15H26N2O2.2ClH/c1-3-17(4-2)15-7-5-14(6-8-15)13-16-9-11-19-12-10-18;;/h5-8,16,18H,3-4,9-13H2,1-2H3;2*1H/p-2. The second-order valence-electron chi connectivity index (χ2n) is 4.35. The highest BCUT2D eigenvalue weighted by atomic mass is 35.5. The maximum absolute atomic E-state index is 8.56. The second-order valence-corrected chi connectivity index (χ2v) is 4.35. The number of hydrogen-bond acceptors (Lipinski definition) is 4. The van der Waals surface area contributed by atoms with Crippen molar-refractivity contribution in [2.75, 3.05) is 44.4 Å². The van der Waals surface area contributed by atoms with Gasteiger partial charge in [-0.1, -0.05) is 12.1 Å². The third-order valence-corrected chi connectivity index (χ3v) is 3.05. The first-order valence-electron chi connectivity index (χ1n) is 7.05. The van der Waals surface area contributed by atoms with E-state index in [1.165, 1.54) is 11.3 Å². The number of nitrogens with zero attached hydrogens (tertiary/aromatic N) is 1. The van der Waals surface area contributed by atoms with Crippen molar-refractivity contribution in [1.29, 1.82) is 0 Å². The average Bonchev–Trinajstić information content (AvgIpc) is 2.45. The van der Waals surface area contributed by atoms with Crippen LogP contribution in [-0.4, -0.2) is 44.6 Å². The summed E-state index contributed by atoms with van der Waals surface area (Å²) in [5.41, 5.74) is 2.55. The monoisotopic (exact) mass is 336 g/mol. The third kappa shape index (κ3) is 9.17. The van der Waals surface area contributed by atoms with Crippen LogP contribution in [0, 0.1) is 0 Å². The van der Waals surface area contributed by atoms with Crippen LogP contribution in [0.3, 0.4) is 0 Å². The van der Waals surface area contributed by atoms with Crippen molar-refractivity contribution in [1.82, 2.24) is 5.32 Å². The normalized spacial score (nSPS) is 9.67. The van der Waals surface area contributed by atoms with E-state index < -0.39 is 0 Å². The molecular formula is C15H26Cl2N2O2-2. The zero-order valence-electron chi connectivity index (χ0n) is 12.8. The summed E-state index contributed by atoms with van der Waals surface area (Å²) in [4.78, 5) is 2.33. The van der Waals surface area contributed by atoms with Gasteiger partial charge in [0.15, 0.2) is 0 Å². The lowest BCUT2D eigenvalue weighted by atomic mass is 10.2. The van der Waals surface area contributed by atoms with Crippen molar-refractivity contribution in [2.45, 2.75) is 20.4 Å². The summed E-state index contributed by atoms with van der Waals surface area (Å²) < 4.78 is 5.18. The summed E-state index contributed by atoms with van der Waals surface area (Å²) >= 11 is 0. The zero-order valence-corrected chi connectivity index (χ0v) is 14.3. The van der Waals surface area contributed by atoms with Crippen molar-refractivity contribution in [3.63, 3.8) is 0 Å². The number of nitrogens with one attached hydrogen (secondary N) is 1. The summed E-state index contributed by atoms with van der Waals surface area (Å²) in [5, 5.41) is 11.9. The van der Waals surface area contributed by atoms with Crippen LogP contribution in [0.5, 0.6) is 0 Å². The Kier molecular flexibility index (Phi) is 15.6. The molecule has 0 saturated heterocycles. The minimum atomic E-state index is 0. The Morgan fingerprint density at radius 3 is 2.19 bits per heavy atom. The molecule has 1 aromatic carbocycles. The van der Waals surface area contributed by atoms with Gasteiger partial charge < -0.3 is 44.9 Å². The summed E-state index contributed by atoms with van der Waals surface area (Å²) in [6.45, 7) is 9.22. The maximum Gasteiger partial charge on any atom is 0.0698 e. The molecule has 2 N–H and O–H groups in total. The first kappa shape index (κ1) is 22.8. The molecule has 0 saturated carbocycles. The third-order valence-electron chi connectivity index (χ3n) is 3.05. The zero-order chi connectivity index (χ0) is 13.9. The SMILES string of the molecule is CCN(CC)c1ccc(CNCCOCCO)cc1.[Cl-].[Cl-]. The predicted octanol–water partition coefficient (Wildman–Crippen LogP) is -4.36. The quantitative estimate of drug-likeness (QED) is 0.424. The van der Waals surface area contributed by atoms with E-state index >= 15 is 0 Å². The average molecular weight is 337 g/mol. The van der Waals surface area contributed by atoms with Crippen LogP contribution in [0.2, 0.25) is 0 Å². The molecule has 1 rings (SSSR count). The van der Waals surface area contributed by atoms with Crippen molar-refractivity contribution in [3.8, 4) is 0 Å². The Morgan fingerprint density at radius 2 is 1.67 bits per heavy atom. The smallest absolute Gasteiger partial charge is 0.0698 e. The van der Waals surface area contributed by atoms with Gasteiger partial charge in [-0.25, -0.2) is 0 Å². The number of benzene rings is 1. The second kappa shape index (κ2) is 14.4. The Bertz CT molecular complexity index is 333. The highest BCUT2D eigenvalue weighted by Gasteiger charge is 2.01. The first-order chi connectivity index (χ1) is 9.31. The van der Waals surface area contributed by atoms with Gasteiger partial charge >= 0.3 is 0 Å². The molecule has 0 amide bonds. The van der Waals surface area contributed by atoms with E-state index in [2.05, 4.69) is 48.3 Å². The van der Waals surface area contributed by atoms with Gasteiger partial charge in [-0.3, -0.25) is 0 Å². The van der Waals surface area contributed by atoms with E-state index in [0.29, 0.717) is 13.2 Å². The van der Waals surface area contributed by atoms with Crippen molar-refractivity contribution < 1.29 is 34.7 Å². The van der Waals surface area contributed by atoms with E-state index in [4.69, 9.17) is 9.84 Å². The summed E-state index contributed by atoms with van der Waals surface area (Å²) in [6, 6.07) is 8.67. The molecule has 4 nitrogen and oxygen atoms in total. The van der Waals surface area contributed by atoms with Crippen LogP contribution in [0.15, 0.2) is 24.3 Å². The molecule has 0 aliphatic rings. The van der Waals surface area contributed by atoms with Gasteiger partial charge in [-0.15, -0.1) is 0 Å². The lowest BCUT2D eigenvalue weighted by Crippen LogP contribution is -3.00. The minimum Gasteiger partial charge on any atom is -1.00 e. The number of rotatable bonds is 10. The van der Waals surface area contributed by atoms with Crippen LogP contribution < -0.4 is 35.0 Å². The molecule has 0 bridgehead atoms. The Labute approximate surface area is 140 Å². The first-order valence-corrected chi connectivity index (χ1v) is 7.05.